The van der Waals surface area contributed by atoms with Gasteiger partial charge in [-0.3, -0.25) is 14.9 Å². The topological polar surface area (TPSA) is 84.0 Å². The second-order valence-electron chi connectivity index (χ2n) is 6.11. The molecular formula is C19H16BrClN4O2S2. The Labute approximate surface area is 189 Å². The predicted octanol–water partition coefficient (Wildman–Crippen LogP) is 5.55. The summed E-state index contributed by atoms with van der Waals surface area (Å²) in [5, 5.41) is 14.2. The zero-order valence-corrected chi connectivity index (χ0v) is 19.4. The van der Waals surface area contributed by atoms with Crippen LogP contribution in [0.25, 0.3) is 0 Å². The molecule has 150 valence electrons. The second kappa shape index (κ2) is 9.71. The molecule has 0 atom stereocenters. The number of benzene rings is 2. The largest absolute Gasteiger partial charge is 0.325 e. The lowest BCUT2D eigenvalue weighted by Crippen LogP contribution is -2.14. The quantitative estimate of drug-likeness (QED) is 0.335. The third kappa shape index (κ3) is 6.02. The fraction of sp³-hybridized carbons (Fsp3) is 0.158. The van der Waals surface area contributed by atoms with Crippen LogP contribution in [0.5, 0.6) is 0 Å². The molecule has 3 aromatic rings. The minimum absolute atomic E-state index is 0.134. The van der Waals surface area contributed by atoms with Gasteiger partial charge >= 0.3 is 0 Å². The highest BCUT2D eigenvalue weighted by Crippen LogP contribution is 2.27. The lowest BCUT2D eigenvalue weighted by atomic mass is 10.1. The molecule has 0 bridgehead atoms. The minimum atomic E-state index is -0.378. The van der Waals surface area contributed by atoms with Crippen LogP contribution in [-0.2, 0) is 4.79 Å². The molecular weight excluding hydrogens is 496 g/mol. The van der Waals surface area contributed by atoms with E-state index >= 15 is 0 Å². The summed E-state index contributed by atoms with van der Waals surface area (Å²) in [4.78, 5) is 24.6. The number of hydrogen-bond donors (Lipinski definition) is 2. The van der Waals surface area contributed by atoms with Crippen molar-refractivity contribution in [1.29, 1.82) is 0 Å². The summed E-state index contributed by atoms with van der Waals surface area (Å²) < 4.78 is 1.33. The van der Waals surface area contributed by atoms with Crippen LogP contribution in [0.4, 0.5) is 10.8 Å². The Bertz CT molecular complexity index is 1070. The molecule has 0 spiro atoms. The van der Waals surface area contributed by atoms with Crippen molar-refractivity contribution < 1.29 is 9.59 Å². The van der Waals surface area contributed by atoms with Crippen LogP contribution in [0.2, 0.25) is 5.02 Å². The number of hydrogen-bond acceptors (Lipinski definition) is 6. The maximum atomic E-state index is 12.4. The molecule has 10 heteroatoms. The van der Waals surface area contributed by atoms with Crippen LogP contribution >= 0.6 is 50.6 Å². The molecule has 0 unspecified atom stereocenters. The van der Waals surface area contributed by atoms with Gasteiger partial charge in [-0.05, 0) is 49.2 Å². The van der Waals surface area contributed by atoms with Crippen molar-refractivity contribution in [2.24, 2.45) is 0 Å². The Morgan fingerprint density at radius 1 is 1.14 bits per heavy atom. The Kier molecular flexibility index (Phi) is 7.28. The van der Waals surface area contributed by atoms with E-state index in [1.807, 2.05) is 32.0 Å². The average molecular weight is 512 g/mol. The Morgan fingerprint density at radius 2 is 1.93 bits per heavy atom. The monoisotopic (exact) mass is 510 g/mol. The third-order valence-corrected chi connectivity index (χ3v) is 6.59. The van der Waals surface area contributed by atoms with Gasteiger partial charge in [0.05, 0.1) is 16.3 Å². The Balaban J connectivity index is 1.56. The van der Waals surface area contributed by atoms with E-state index in [1.165, 1.54) is 23.1 Å². The summed E-state index contributed by atoms with van der Waals surface area (Å²) in [6.07, 6.45) is 0. The predicted molar refractivity (Wildman–Crippen MR) is 122 cm³/mol. The molecule has 0 aliphatic heterocycles. The molecule has 0 fully saturated rings. The number of aryl methyl sites for hydroxylation is 2. The molecule has 0 aliphatic carbocycles. The van der Waals surface area contributed by atoms with Crippen molar-refractivity contribution in [3.05, 3.63) is 62.6 Å². The Hall–Kier alpha value is -1.94. The number of carbonyl (C=O) groups is 2. The summed E-state index contributed by atoms with van der Waals surface area (Å²) in [6, 6.07) is 10.9. The number of nitrogens with zero attached hydrogens (tertiary/aromatic N) is 2. The smallest absolute Gasteiger partial charge is 0.259 e. The second-order valence-corrected chi connectivity index (χ2v) is 9.63. The normalized spacial score (nSPS) is 10.6. The molecule has 1 heterocycles. The Morgan fingerprint density at radius 3 is 2.72 bits per heavy atom. The van der Waals surface area contributed by atoms with E-state index in [1.54, 1.807) is 18.2 Å². The number of halogens is 2. The highest BCUT2D eigenvalue weighted by molar-refractivity contribution is 9.10. The van der Waals surface area contributed by atoms with E-state index in [2.05, 4.69) is 36.8 Å². The molecule has 3 rings (SSSR count). The minimum Gasteiger partial charge on any atom is -0.325 e. The number of rotatable bonds is 6. The van der Waals surface area contributed by atoms with Crippen molar-refractivity contribution in [3.63, 3.8) is 0 Å². The molecule has 2 N–H and O–H groups in total. The van der Waals surface area contributed by atoms with Crippen LogP contribution in [0.15, 0.2) is 45.2 Å². The standard InChI is InChI=1S/C19H16BrClN4O2S2/c1-10-3-4-11(2)15(7-10)22-16(26)9-28-19-25-24-18(29-19)23-17(27)13-8-12(20)5-6-14(13)21/h3-8H,9H2,1-2H3,(H,22,26)(H,23,24,27). The molecule has 0 radical (unpaired) electrons. The van der Waals surface area contributed by atoms with E-state index in [4.69, 9.17) is 11.6 Å². The number of nitrogens with one attached hydrogen (secondary N) is 2. The molecule has 2 amide bonds. The molecule has 2 aromatic carbocycles. The average Bonchev–Trinajstić information content (AvgIpc) is 3.12. The van der Waals surface area contributed by atoms with Gasteiger partial charge in [0.15, 0.2) is 4.34 Å². The first-order valence-electron chi connectivity index (χ1n) is 8.41. The molecule has 6 nitrogen and oxygen atoms in total. The SMILES string of the molecule is Cc1ccc(C)c(NC(=O)CSc2nnc(NC(=O)c3cc(Br)ccc3Cl)s2)c1. The van der Waals surface area contributed by atoms with Gasteiger partial charge in [0.25, 0.3) is 5.91 Å². The summed E-state index contributed by atoms with van der Waals surface area (Å²) in [5.41, 5.74) is 3.21. The number of anilines is 2. The first-order chi connectivity index (χ1) is 13.8. The first kappa shape index (κ1) is 21.8. The van der Waals surface area contributed by atoms with Gasteiger partial charge in [-0.2, -0.15) is 0 Å². The lowest BCUT2D eigenvalue weighted by Gasteiger charge is -2.08. The van der Waals surface area contributed by atoms with Crippen molar-refractivity contribution in [2.45, 2.75) is 18.2 Å². The fourth-order valence-corrected chi connectivity index (χ4v) is 4.45. The number of aromatic nitrogens is 2. The number of thioether (sulfide) groups is 1. The number of amides is 2. The van der Waals surface area contributed by atoms with Crippen molar-refractivity contribution in [3.8, 4) is 0 Å². The maximum absolute atomic E-state index is 12.4. The van der Waals surface area contributed by atoms with E-state index in [0.29, 0.717) is 20.1 Å². The van der Waals surface area contributed by atoms with Crippen LogP contribution in [-0.4, -0.2) is 27.8 Å². The summed E-state index contributed by atoms with van der Waals surface area (Å²) in [5.74, 6) is -0.324. The molecule has 0 aliphatic rings. The van der Waals surface area contributed by atoms with Gasteiger partial charge in [-0.25, -0.2) is 0 Å². The van der Waals surface area contributed by atoms with Crippen molar-refractivity contribution in [1.82, 2.24) is 10.2 Å². The van der Waals surface area contributed by atoms with E-state index in [-0.39, 0.29) is 17.6 Å². The van der Waals surface area contributed by atoms with Gasteiger partial charge in [0.1, 0.15) is 0 Å². The zero-order valence-electron chi connectivity index (χ0n) is 15.5. The molecule has 1 aromatic heterocycles. The zero-order chi connectivity index (χ0) is 21.0. The van der Waals surface area contributed by atoms with E-state index in [0.717, 1.165) is 21.3 Å². The van der Waals surface area contributed by atoms with Gasteiger partial charge in [-0.1, -0.05) is 62.8 Å². The highest BCUT2D eigenvalue weighted by atomic mass is 79.9. The fourth-order valence-electron chi connectivity index (χ4n) is 2.34. The summed E-state index contributed by atoms with van der Waals surface area (Å²) in [6.45, 7) is 3.92. The van der Waals surface area contributed by atoms with Gasteiger partial charge in [0, 0.05) is 10.2 Å². The summed E-state index contributed by atoms with van der Waals surface area (Å²) >= 11 is 11.8. The molecule has 0 saturated carbocycles. The van der Waals surface area contributed by atoms with E-state index in [9.17, 15) is 9.59 Å². The first-order valence-corrected chi connectivity index (χ1v) is 11.4. The third-order valence-electron chi connectivity index (χ3n) is 3.79. The van der Waals surface area contributed by atoms with Crippen LogP contribution in [0.3, 0.4) is 0 Å². The highest BCUT2D eigenvalue weighted by Gasteiger charge is 2.15. The van der Waals surface area contributed by atoms with Crippen molar-refractivity contribution in [2.75, 3.05) is 16.4 Å². The van der Waals surface area contributed by atoms with Crippen LogP contribution < -0.4 is 10.6 Å². The lowest BCUT2D eigenvalue weighted by molar-refractivity contribution is -0.113. The van der Waals surface area contributed by atoms with Gasteiger partial charge < -0.3 is 5.32 Å². The molecule has 0 saturated heterocycles. The van der Waals surface area contributed by atoms with Crippen LogP contribution in [0, 0.1) is 13.8 Å². The maximum Gasteiger partial charge on any atom is 0.259 e. The summed E-state index contributed by atoms with van der Waals surface area (Å²) in [7, 11) is 0. The van der Waals surface area contributed by atoms with Gasteiger partial charge in [0.2, 0.25) is 11.0 Å². The van der Waals surface area contributed by atoms with Gasteiger partial charge in [-0.15, -0.1) is 10.2 Å². The van der Waals surface area contributed by atoms with E-state index < -0.39 is 0 Å². The molecule has 29 heavy (non-hydrogen) atoms. The van der Waals surface area contributed by atoms with Crippen LogP contribution in [0.1, 0.15) is 21.5 Å². The van der Waals surface area contributed by atoms with Crippen molar-refractivity contribution >= 4 is 73.3 Å². The number of carbonyl (C=O) groups excluding carboxylic acids is 2.